The van der Waals surface area contributed by atoms with E-state index >= 15 is 0 Å². The first-order valence-electron chi connectivity index (χ1n) is 8.68. The van der Waals surface area contributed by atoms with Crippen LogP contribution < -0.4 is 11.1 Å². The van der Waals surface area contributed by atoms with E-state index in [4.69, 9.17) is 10.5 Å². The summed E-state index contributed by atoms with van der Waals surface area (Å²) >= 11 is 0. The third-order valence-electron chi connectivity index (χ3n) is 4.82. The Morgan fingerprint density at radius 2 is 2.13 bits per heavy atom. The maximum Gasteiger partial charge on any atom is 0.249 e. The Bertz CT molecular complexity index is 535. The van der Waals surface area contributed by atoms with Gasteiger partial charge in [-0.15, -0.1) is 0 Å². The Hall–Kier alpha value is -1.43. The summed E-state index contributed by atoms with van der Waals surface area (Å²) in [4.78, 5) is 14.5. The number of ether oxygens (including phenoxy) is 1. The highest BCUT2D eigenvalue weighted by Crippen LogP contribution is 2.19. The molecule has 2 atom stereocenters. The van der Waals surface area contributed by atoms with Crippen molar-refractivity contribution < 1.29 is 9.53 Å². The fourth-order valence-corrected chi connectivity index (χ4v) is 3.45. The van der Waals surface area contributed by atoms with Gasteiger partial charge in [0, 0.05) is 32.7 Å². The van der Waals surface area contributed by atoms with Gasteiger partial charge in [-0.1, -0.05) is 24.3 Å². The van der Waals surface area contributed by atoms with Crippen molar-refractivity contribution in [1.82, 2.24) is 10.2 Å². The van der Waals surface area contributed by atoms with Crippen LogP contribution in [0.5, 0.6) is 0 Å². The van der Waals surface area contributed by atoms with E-state index < -0.39 is 0 Å². The molecule has 1 fully saturated rings. The molecule has 2 aliphatic heterocycles. The number of rotatable bonds is 6. The van der Waals surface area contributed by atoms with Crippen LogP contribution in [0.3, 0.4) is 0 Å². The minimum atomic E-state index is -0.301. The van der Waals surface area contributed by atoms with E-state index in [0.717, 1.165) is 45.3 Å². The van der Waals surface area contributed by atoms with Crippen LogP contribution in [0.25, 0.3) is 0 Å². The molecule has 5 nitrogen and oxygen atoms in total. The molecule has 0 saturated carbocycles. The number of carbonyl (C=O) groups is 1. The van der Waals surface area contributed by atoms with Crippen LogP contribution in [-0.2, 0) is 22.5 Å². The van der Waals surface area contributed by atoms with Crippen LogP contribution >= 0.6 is 0 Å². The van der Waals surface area contributed by atoms with Gasteiger partial charge >= 0.3 is 0 Å². The van der Waals surface area contributed by atoms with Crippen molar-refractivity contribution in [2.75, 3.05) is 26.2 Å². The molecule has 0 aliphatic carbocycles. The van der Waals surface area contributed by atoms with E-state index in [1.54, 1.807) is 0 Å². The molecule has 5 heteroatoms. The zero-order valence-electron chi connectivity index (χ0n) is 13.7. The van der Waals surface area contributed by atoms with Crippen molar-refractivity contribution in [2.45, 2.75) is 44.4 Å². The Balaban J connectivity index is 1.34. The standard InChI is InChI=1S/C18H27N3O2/c19-12-16-6-7-17(23-16)18(22)20-9-3-10-21-11-8-14-4-1-2-5-15(14)13-21/h1-2,4-5,16-17H,3,6-13,19H2,(H,20,22)/t16-,17+/m1/s1. The molecular formula is C18H27N3O2. The minimum absolute atomic E-state index is 0.0185. The van der Waals surface area contributed by atoms with E-state index in [-0.39, 0.29) is 18.1 Å². The summed E-state index contributed by atoms with van der Waals surface area (Å²) in [5.74, 6) is 0.0185. The Morgan fingerprint density at radius 3 is 2.91 bits per heavy atom. The molecule has 0 spiro atoms. The van der Waals surface area contributed by atoms with E-state index in [1.165, 1.54) is 11.1 Å². The Labute approximate surface area is 138 Å². The highest BCUT2D eigenvalue weighted by molar-refractivity contribution is 5.80. The van der Waals surface area contributed by atoms with Gasteiger partial charge in [0.1, 0.15) is 6.10 Å². The predicted octanol–water partition coefficient (Wildman–Crippen LogP) is 1.06. The zero-order chi connectivity index (χ0) is 16.1. The van der Waals surface area contributed by atoms with Crippen LogP contribution in [0.4, 0.5) is 0 Å². The maximum absolute atomic E-state index is 12.0. The van der Waals surface area contributed by atoms with Crippen molar-refractivity contribution in [3.8, 4) is 0 Å². The lowest BCUT2D eigenvalue weighted by atomic mass is 10.00. The van der Waals surface area contributed by atoms with Gasteiger partial charge in [-0.05, 0) is 36.8 Å². The molecule has 3 rings (SSSR count). The molecule has 126 valence electrons. The second-order valence-electron chi connectivity index (χ2n) is 6.50. The molecule has 3 N–H and O–H groups in total. The summed E-state index contributed by atoms with van der Waals surface area (Å²) < 4.78 is 5.61. The van der Waals surface area contributed by atoms with Gasteiger partial charge in [0.15, 0.2) is 0 Å². The summed E-state index contributed by atoms with van der Waals surface area (Å²) in [5.41, 5.74) is 8.49. The number of amides is 1. The van der Waals surface area contributed by atoms with E-state index in [9.17, 15) is 4.79 Å². The van der Waals surface area contributed by atoms with Crippen molar-refractivity contribution in [2.24, 2.45) is 5.73 Å². The molecule has 0 radical (unpaired) electrons. The Kier molecular flexibility index (Phi) is 5.65. The molecular weight excluding hydrogens is 290 g/mol. The highest BCUT2D eigenvalue weighted by atomic mass is 16.5. The second kappa shape index (κ2) is 7.90. The van der Waals surface area contributed by atoms with Gasteiger partial charge in [0.25, 0.3) is 0 Å². The van der Waals surface area contributed by atoms with Crippen molar-refractivity contribution >= 4 is 5.91 Å². The van der Waals surface area contributed by atoms with Crippen LogP contribution in [0, 0.1) is 0 Å². The molecule has 1 saturated heterocycles. The molecule has 2 aliphatic rings. The lowest BCUT2D eigenvalue weighted by Crippen LogP contribution is -2.38. The smallest absolute Gasteiger partial charge is 0.249 e. The largest absolute Gasteiger partial charge is 0.364 e. The maximum atomic E-state index is 12.0. The number of carbonyl (C=O) groups excluding carboxylic acids is 1. The summed E-state index contributed by atoms with van der Waals surface area (Å²) in [6.45, 7) is 4.36. The fourth-order valence-electron chi connectivity index (χ4n) is 3.45. The summed E-state index contributed by atoms with van der Waals surface area (Å²) in [7, 11) is 0. The quantitative estimate of drug-likeness (QED) is 0.770. The first-order chi connectivity index (χ1) is 11.3. The van der Waals surface area contributed by atoms with Gasteiger partial charge in [-0.3, -0.25) is 9.69 Å². The number of nitrogens with zero attached hydrogens (tertiary/aromatic N) is 1. The van der Waals surface area contributed by atoms with Gasteiger partial charge in [-0.25, -0.2) is 0 Å². The third-order valence-corrected chi connectivity index (χ3v) is 4.82. The number of hydrogen-bond acceptors (Lipinski definition) is 4. The van der Waals surface area contributed by atoms with Gasteiger partial charge < -0.3 is 15.8 Å². The summed E-state index contributed by atoms with van der Waals surface area (Å²) in [6, 6.07) is 8.67. The summed E-state index contributed by atoms with van der Waals surface area (Å²) in [6.07, 6.45) is 3.53. The van der Waals surface area contributed by atoms with E-state index in [0.29, 0.717) is 13.1 Å². The molecule has 0 aromatic heterocycles. The van der Waals surface area contributed by atoms with Crippen molar-refractivity contribution in [3.63, 3.8) is 0 Å². The third kappa shape index (κ3) is 4.31. The van der Waals surface area contributed by atoms with Crippen LogP contribution in [0.2, 0.25) is 0 Å². The average Bonchev–Trinajstić information content (AvgIpc) is 3.07. The Morgan fingerprint density at radius 1 is 1.30 bits per heavy atom. The highest BCUT2D eigenvalue weighted by Gasteiger charge is 2.29. The lowest BCUT2D eigenvalue weighted by molar-refractivity contribution is -0.131. The number of nitrogens with one attached hydrogen (secondary N) is 1. The molecule has 23 heavy (non-hydrogen) atoms. The van der Waals surface area contributed by atoms with E-state index in [2.05, 4.69) is 34.5 Å². The molecule has 0 unspecified atom stereocenters. The average molecular weight is 317 g/mol. The first kappa shape index (κ1) is 16.4. The molecule has 1 amide bonds. The topological polar surface area (TPSA) is 67.6 Å². The zero-order valence-corrected chi connectivity index (χ0v) is 13.7. The summed E-state index contributed by atoms with van der Waals surface area (Å²) in [5, 5.41) is 3.00. The normalized spacial score (nSPS) is 24.4. The van der Waals surface area contributed by atoms with Gasteiger partial charge in [0.2, 0.25) is 5.91 Å². The van der Waals surface area contributed by atoms with Crippen LogP contribution in [0.1, 0.15) is 30.4 Å². The SMILES string of the molecule is NC[C@H]1CC[C@@H](C(=O)NCCCN2CCc3ccccc3C2)O1. The van der Waals surface area contributed by atoms with Gasteiger partial charge in [0.05, 0.1) is 6.10 Å². The van der Waals surface area contributed by atoms with Crippen LogP contribution in [0.15, 0.2) is 24.3 Å². The number of nitrogens with two attached hydrogens (primary N) is 1. The minimum Gasteiger partial charge on any atom is -0.364 e. The second-order valence-corrected chi connectivity index (χ2v) is 6.50. The fraction of sp³-hybridized carbons (Fsp3) is 0.611. The van der Waals surface area contributed by atoms with Gasteiger partial charge in [-0.2, -0.15) is 0 Å². The number of fused-ring (bicyclic) bond motifs is 1. The van der Waals surface area contributed by atoms with Crippen LogP contribution in [-0.4, -0.2) is 49.2 Å². The lowest BCUT2D eigenvalue weighted by Gasteiger charge is -2.28. The van der Waals surface area contributed by atoms with E-state index in [1.807, 2.05) is 0 Å². The first-order valence-corrected chi connectivity index (χ1v) is 8.68. The molecule has 2 heterocycles. The predicted molar refractivity (Wildman–Crippen MR) is 90.0 cm³/mol. The number of benzene rings is 1. The van der Waals surface area contributed by atoms with Crippen molar-refractivity contribution in [3.05, 3.63) is 35.4 Å². The molecule has 0 bridgehead atoms. The molecule has 1 aromatic rings. The molecule has 1 aromatic carbocycles. The number of hydrogen-bond donors (Lipinski definition) is 2. The monoisotopic (exact) mass is 317 g/mol. The van der Waals surface area contributed by atoms with Crippen molar-refractivity contribution in [1.29, 1.82) is 0 Å².